The first-order valence-corrected chi connectivity index (χ1v) is 7.06. The van der Waals surface area contributed by atoms with Gasteiger partial charge in [0.2, 0.25) is 0 Å². The number of aliphatic hydroxyl groups is 1. The van der Waals surface area contributed by atoms with Gasteiger partial charge < -0.3 is 9.84 Å². The van der Waals surface area contributed by atoms with Crippen LogP contribution in [0.5, 0.6) is 0 Å². The zero-order valence-electron chi connectivity index (χ0n) is 10.3. The molecule has 0 bridgehead atoms. The van der Waals surface area contributed by atoms with Crippen LogP contribution in [0.2, 0.25) is 5.02 Å². The largest absolute Gasteiger partial charge is 0.392 e. The highest BCUT2D eigenvalue weighted by Gasteiger charge is 2.02. The van der Waals surface area contributed by atoms with Gasteiger partial charge in [0.05, 0.1) is 19.8 Å². The molecule has 0 aliphatic rings. The molecule has 2 aromatic rings. The van der Waals surface area contributed by atoms with Gasteiger partial charge >= 0.3 is 0 Å². The van der Waals surface area contributed by atoms with Gasteiger partial charge in [0, 0.05) is 9.50 Å². The summed E-state index contributed by atoms with van der Waals surface area (Å²) in [6.07, 6.45) is 0. The third kappa shape index (κ3) is 4.32. The quantitative estimate of drug-likeness (QED) is 0.878. The molecule has 0 aliphatic heterocycles. The maximum Gasteiger partial charge on any atom is 0.0732 e. The standard InChI is InChI=1S/C15H14BrClO2/c16-15-7-14(17)5-4-13(15)10-19-9-12-3-1-2-11(6-12)8-18/h1-7,18H,8-10H2. The Kier molecular flexibility index (Phi) is 5.40. The van der Waals surface area contributed by atoms with Gasteiger partial charge in [-0.3, -0.25) is 0 Å². The first-order valence-electron chi connectivity index (χ1n) is 5.89. The Morgan fingerprint density at radius 2 is 1.84 bits per heavy atom. The van der Waals surface area contributed by atoms with Gasteiger partial charge in [0.25, 0.3) is 0 Å². The summed E-state index contributed by atoms with van der Waals surface area (Å²) in [4.78, 5) is 0. The lowest BCUT2D eigenvalue weighted by molar-refractivity contribution is 0.106. The maximum atomic E-state index is 9.07. The van der Waals surface area contributed by atoms with E-state index in [2.05, 4.69) is 15.9 Å². The van der Waals surface area contributed by atoms with Gasteiger partial charge in [-0.25, -0.2) is 0 Å². The number of benzene rings is 2. The molecule has 2 aromatic carbocycles. The van der Waals surface area contributed by atoms with Crippen LogP contribution in [0.15, 0.2) is 46.9 Å². The van der Waals surface area contributed by atoms with E-state index in [0.717, 1.165) is 21.2 Å². The molecule has 0 radical (unpaired) electrons. The second kappa shape index (κ2) is 7.06. The summed E-state index contributed by atoms with van der Waals surface area (Å²) in [5.41, 5.74) is 3.01. The van der Waals surface area contributed by atoms with E-state index in [1.165, 1.54) is 0 Å². The van der Waals surface area contributed by atoms with Gasteiger partial charge in [0.1, 0.15) is 0 Å². The first-order chi connectivity index (χ1) is 9.19. The maximum absolute atomic E-state index is 9.07. The summed E-state index contributed by atoms with van der Waals surface area (Å²) >= 11 is 9.34. The number of ether oxygens (including phenoxy) is 1. The monoisotopic (exact) mass is 340 g/mol. The van der Waals surface area contributed by atoms with Crippen molar-refractivity contribution in [1.29, 1.82) is 0 Å². The van der Waals surface area contributed by atoms with Crippen LogP contribution >= 0.6 is 27.5 Å². The summed E-state index contributed by atoms with van der Waals surface area (Å²) in [5.74, 6) is 0. The third-order valence-electron chi connectivity index (χ3n) is 2.72. The zero-order chi connectivity index (χ0) is 13.7. The molecule has 100 valence electrons. The second-order valence-electron chi connectivity index (χ2n) is 4.21. The minimum atomic E-state index is 0.0522. The van der Waals surface area contributed by atoms with Gasteiger partial charge in [0.15, 0.2) is 0 Å². The van der Waals surface area contributed by atoms with E-state index in [9.17, 15) is 0 Å². The van der Waals surface area contributed by atoms with E-state index >= 15 is 0 Å². The van der Waals surface area contributed by atoms with Crippen molar-refractivity contribution in [1.82, 2.24) is 0 Å². The van der Waals surface area contributed by atoms with E-state index in [1.54, 1.807) is 0 Å². The van der Waals surface area contributed by atoms with Gasteiger partial charge in [-0.1, -0.05) is 57.9 Å². The number of halogens is 2. The molecular weight excluding hydrogens is 328 g/mol. The molecule has 0 unspecified atom stereocenters. The Labute approximate surface area is 126 Å². The second-order valence-corrected chi connectivity index (χ2v) is 5.50. The average Bonchev–Trinajstić information content (AvgIpc) is 2.41. The van der Waals surface area contributed by atoms with Crippen LogP contribution in [-0.2, 0) is 24.6 Å². The molecular formula is C15H14BrClO2. The fourth-order valence-electron chi connectivity index (χ4n) is 1.74. The highest BCUT2D eigenvalue weighted by Crippen LogP contribution is 2.22. The van der Waals surface area contributed by atoms with E-state index in [0.29, 0.717) is 18.2 Å². The Morgan fingerprint density at radius 1 is 1.05 bits per heavy atom. The topological polar surface area (TPSA) is 29.5 Å². The Hall–Kier alpha value is -0.870. The molecule has 0 heterocycles. The number of rotatable bonds is 5. The molecule has 0 aliphatic carbocycles. The summed E-state index contributed by atoms with van der Waals surface area (Å²) in [5, 5.41) is 9.77. The zero-order valence-corrected chi connectivity index (χ0v) is 12.6. The number of aliphatic hydroxyl groups excluding tert-OH is 1. The van der Waals surface area contributed by atoms with E-state index in [4.69, 9.17) is 21.4 Å². The van der Waals surface area contributed by atoms with Crippen molar-refractivity contribution >= 4 is 27.5 Å². The van der Waals surface area contributed by atoms with Crippen molar-refractivity contribution in [3.63, 3.8) is 0 Å². The van der Waals surface area contributed by atoms with Crippen LogP contribution in [0.1, 0.15) is 16.7 Å². The summed E-state index contributed by atoms with van der Waals surface area (Å²) in [6.45, 7) is 1.08. The lowest BCUT2D eigenvalue weighted by Gasteiger charge is -2.08. The fraction of sp³-hybridized carbons (Fsp3) is 0.200. The van der Waals surface area contributed by atoms with Crippen LogP contribution in [0.4, 0.5) is 0 Å². The van der Waals surface area contributed by atoms with Crippen molar-refractivity contribution in [2.75, 3.05) is 0 Å². The van der Waals surface area contributed by atoms with Gasteiger partial charge in [-0.05, 0) is 28.8 Å². The molecule has 0 saturated heterocycles. The Bertz CT molecular complexity index is 558. The molecule has 2 nitrogen and oxygen atoms in total. The van der Waals surface area contributed by atoms with Crippen molar-refractivity contribution in [2.24, 2.45) is 0 Å². The van der Waals surface area contributed by atoms with E-state index in [1.807, 2.05) is 42.5 Å². The van der Waals surface area contributed by atoms with Crippen molar-refractivity contribution in [3.05, 3.63) is 68.7 Å². The summed E-state index contributed by atoms with van der Waals surface area (Å²) < 4.78 is 6.62. The minimum Gasteiger partial charge on any atom is -0.392 e. The lowest BCUT2D eigenvalue weighted by Crippen LogP contribution is -1.96. The Morgan fingerprint density at radius 3 is 2.58 bits per heavy atom. The molecule has 0 spiro atoms. The molecule has 0 aromatic heterocycles. The molecule has 19 heavy (non-hydrogen) atoms. The highest BCUT2D eigenvalue weighted by atomic mass is 79.9. The van der Waals surface area contributed by atoms with Crippen LogP contribution < -0.4 is 0 Å². The molecule has 0 atom stereocenters. The average molecular weight is 342 g/mol. The van der Waals surface area contributed by atoms with Crippen LogP contribution in [0, 0.1) is 0 Å². The first kappa shape index (κ1) is 14.5. The normalized spacial score (nSPS) is 10.7. The SMILES string of the molecule is OCc1cccc(COCc2ccc(Cl)cc2Br)c1. The highest BCUT2D eigenvalue weighted by molar-refractivity contribution is 9.10. The molecule has 0 saturated carbocycles. The van der Waals surface area contributed by atoms with Crippen LogP contribution in [0.25, 0.3) is 0 Å². The van der Waals surface area contributed by atoms with Crippen molar-refractivity contribution in [3.8, 4) is 0 Å². The summed E-state index contributed by atoms with van der Waals surface area (Å²) in [6, 6.07) is 13.4. The molecule has 0 fully saturated rings. The predicted molar refractivity (Wildman–Crippen MR) is 80.0 cm³/mol. The number of hydrogen-bond donors (Lipinski definition) is 1. The number of hydrogen-bond acceptors (Lipinski definition) is 2. The fourth-order valence-corrected chi connectivity index (χ4v) is 2.53. The molecule has 2 rings (SSSR count). The smallest absolute Gasteiger partial charge is 0.0732 e. The van der Waals surface area contributed by atoms with Crippen LogP contribution in [0.3, 0.4) is 0 Å². The lowest BCUT2D eigenvalue weighted by atomic mass is 10.1. The van der Waals surface area contributed by atoms with Crippen LogP contribution in [-0.4, -0.2) is 5.11 Å². The van der Waals surface area contributed by atoms with E-state index < -0.39 is 0 Å². The minimum absolute atomic E-state index is 0.0522. The molecule has 1 N–H and O–H groups in total. The summed E-state index contributed by atoms with van der Waals surface area (Å²) in [7, 11) is 0. The molecule has 4 heteroatoms. The van der Waals surface area contributed by atoms with E-state index in [-0.39, 0.29) is 6.61 Å². The predicted octanol–water partition coefficient (Wildman–Crippen LogP) is 4.31. The molecule has 0 amide bonds. The van der Waals surface area contributed by atoms with Gasteiger partial charge in [-0.2, -0.15) is 0 Å². The van der Waals surface area contributed by atoms with Crippen molar-refractivity contribution in [2.45, 2.75) is 19.8 Å². The third-order valence-corrected chi connectivity index (χ3v) is 3.69. The van der Waals surface area contributed by atoms with Gasteiger partial charge in [-0.15, -0.1) is 0 Å². The Balaban J connectivity index is 1.92. The van der Waals surface area contributed by atoms with Crippen molar-refractivity contribution < 1.29 is 9.84 Å².